The van der Waals surface area contributed by atoms with Gasteiger partial charge in [0.15, 0.2) is 5.82 Å². The molecular weight excluding hydrogens is 456 g/mol. The van der Waals surface area contributed by atoms with Crippen molar-refractivity contribution in [1.29, 1.82) is 0 Å². The van der Waals surface area contributed by atoms with Gasteiger partial charge in [-0.2, -0.15) is 0 Å². The summed E-state index contributed by atoms with van der Waals surface area (Å²) in [7, 11) is 0. The minimum Gasteiger partial charge on any atom is -0.321 e. The fourth-order valence-electron chi connectivity index (χ4n) is 5.39. The van der Waals surface area contributed by atoms with E-state index in [0.29, 0.717) is 12.6 Å². The van der Waals surface area contributed by atoms with Crippen molar-refractivity contribution in [3.05, 3.63) is 73.5 Å². The zero-order valence-corrected chi connectivity index (χ0v) is 21.6. The second-order valence-corrected chi connectivity index (χ2v) is 10.8. The van der Waals surface area contributed by atoms with Crippen LogP contribution in [-0.4, -0.2) is 30.1 Å². The third-order valence-corrected chi connectivity index (χ3v) is 8.37. The smallest absolute Gasteiger partial charge is 0.252 e. The predicted molar refractivity (Wildman–Crippen MR) is 141 cm³/mol. The highest BCUT2D eigenvalue weighted by molar-refractivity contribution is 7.09. The molecule has 0 aliphatic heterocycles. The largest absolute Gasteiger partial charge is 0.321 e. The van der Waals surface area contributed by atoms with E-state index in [2.05, 4.69) is 86.6 Å². The number of tetrazole rings is 1. The second-order valence-electron chi connectivity index (χ2n) is 9.78. The Morgan fingerprint density at radius 1 is 1.17 bits per heavy atom. The van der Waals surface area contributed by atoms with Gasteiger partial charge in [-0.05, 0) is 77.6 Å². The Morgan fingerprint density at radius 3 is 2.74 bits per heavy atom. The normalized spacial score (nSPS) is 15.8. The number of nitrogens with one attached hydrogen (secondary N) is 1. The molecule has 3 heterocycles. The molecule has 0 bridgehead atoms. The van der Waals surface area contributed by atoms with Crippen LogP contribution < -0.4 is 5.56 Å². The molecule has 0 unspecified atom stereocenters. The first kappa shape index (κ1) is 23.9. The van der Waals surface area contributed by atoms with Crippen molar-refractivity contribution in [3.63, 3.8) is 0 Å². The summed E-state index contributed by atoms with van der Waals surface area (Å²) >= 11 is 1.74. The molecule has 1 fully saturated rings. The fourth-order valence-corrected chi connectivity index (χ4v) is 6.12. The average molecular weight is 491 g/mol. The Morgan fingerprint density at radius 2 is 2.00 bits per heavy atom. The predicted octanol–water partition coefficient (Wildman–Crippen LogP) is 5.85. The Hall–Kier alpha value is -2.84. The molecule has 3 aromatic heterocycles. The summed E-state index contributed by atoms with van der Waals surface area (Å²) in [5.41, 5.74) is 3.98. The highest BCUT2D eigenvalue weighted by atomic mass is 32.1. The third-order valence-electron chi connectivity index (χ3n) is 7.50. The summed E-state index contributed by atoms with van der Waals surface area (Å²) in [5.74, 6) is 0.916. The Balaban J connectivity index is 1.52. The van der Waals surface area contributed by atoms with Crippen LogP contribution in [0.15, 0.2) is 40.5 Å². The quantitative estimate of drug-likeness (QED) is 0.335. The Bertz CT molecular complexity index is 1340. The third kappa shape index (κ3) is 4.95. The van der Waals surface area contributed by atoms with Crippen molar-refractivity contribution in [1.82, 2.24) is 30.1 Å². The Labute approximate surface area is 210 Å². The molecule has 0 amide bonds. The van der Waals surface area contributed by atoms with Gasteiger partial charge in [0.25, 0.3) is 5.56 Å². The van der Waals surface area contributed by atoms with Crippen LogP contribution in [0.4, 0.5) is 0 Å². The summed E-state index contributed by atoms with van der Waals surface area (Å²) in [6, 6.07) is 10.9. The van der Waals surface area contributed by atoms with Gasteiger partial charge in [-0.3, -0.25) is 9.69 Å². The van der Waals surface area contributed by atoms with Gasteiger partial charge >= 0.3 is 0 Å². The Kier molecular flexibility index (Phi) is 7.11. The number of hydrogen-bond acceptors (Lipinski definition) is 6. The average Bonchev–Trinajstić information content (AvgIpc) is 3.56. The van der Waals surface area contributed by atoms with Crippen molar-refractivity contribution in [3.8, 4) is 0 Å². The lowest BCUT2D eigenvalue weighted by Crippen LogP contribution is -2.33. The molecule has 5 rings (SSSR count). The molecule has 1 aliphatic rings. The van der Waals surface area contributed by atoms with Crippen molar-refractivity contribution in [2.24, 2.45) is 0 Å². The first-order chi connectivity index (χ1) is 17.0. The van der Waals surface area contributed by atoms with Gasteiger partial charge in [-0.15, -0.1) is 16.4 Å². The van der Waals surface area contributed by atoms with E-state index in [0.717, 1.165) is 53.7 Å². The monoisotopic (exact) mass is 490 g/mol. The summed E-state index contributed by atoms with van der Waals surface area (Å²) in [6.07, 6.45) is 6.86. The van der Waals surface area contributed by atoms with Crippen molar-refractivity contribution in [2.75, 3.05) is 0 Å². The van der Waals surface area contributed by atoms with E-state index in [-0.39, 0.29) is 11.6 Å². The number of nitrogens with zero attached hydrogens (tertiary/aromatic N) is 5. The number of benzene rings is 1. The minimum atomic E-state index is -0.0240. The van der Waals surface area contributed by atoms with Crippen LogP contribution in [0.3, 0.4) is 0 Å². The molecule has 184 valence electrons. The SMILES string of the molecule is CC[C@@H](c1nnnn1C1CCCCC1)N(Cc1cccs1)Cc1cc2ccc(C)c(C)c2[nH]c1=O. The van der Waals surface area contributed by atoms with E-state index >= 15 is 0 Å². The number of pyridine rings is 1. The molecule has 1 N–H and O–H groups in total. The van der Waals surface area contributed by atoms with Crippen molar-refractivity contribution in [2.45, 2.75) is 84.5 Å². The molecule has 0 spiro atoms. The van der Waals surface area contributed by atoms with Gasteiger partial charge in [-0.1, -0.05) is 44.4 Å². The molecular formula is C27H34N6OS. The molecule has 8 heteroatoms. The molecule has 7 nitrogen and oxygen atoms in total. The van der Waals surface area contributed by atoms with Gasteiger partial charge in [-0.25, -0.2) is 4.68 Å². The highest BCUT2D eigenvalue weighted by Crippen LogP contribution is 2.33. The summed E-state index contributed by atoms with van der Waals surface area (Å²) in [4.78, 5) is 20.0. The van der Waals surface area contributed by atoms with Gasteiger partial charge in [0, 0.05) is 23.5 Å². The lowest BCUT2D eigenvalue weighted by Gasteiger charge is -2.31. The van der Waals surface area contributed by atoms with Crippen molar-refractivity contribution >= 4 is 22.2 Å². The molecule has 4 aromatic rings. The van der Waals surface area contributed by atoms with E-state index < -0.39 is 0 Å². The first-order valence-corrected chi connectivity index (χ1v) is 13.6. The number of aromatic amines is 1. The summed E-state index contributed by atoms with van der Waals surface area (Å²) in [5, 5.41) is 16.2. The zero-order valence-electron chi connectivity index (χ0n) is 20.8. The maximum absolute atomic E-state index is 13.2. The van der Waals surface area contributed by atoms with E-state index in [1.54, 1.807) is 11.3 Å². The molecule has 1 aliphatic carbocycles. The van der Waals surface area contributed by atoms with Crippen LogP contribution in [0.5, 0.6) is 0 Å². The zero-order chi connectivity index (χ0) is 24.4. The number of fused-ring (bicyclic) bond motifs is 1. The second kappa shape index (κ2) is 10.4. The lowest BCUT2D eigenvalue weighted by atomic mass is 9.95. The van der Waals surface area contributed by atoms with Gasteiger partial charge < -0.3 is 4.98 Å². The molecule has 35 heavy (non-hydrogen) atoms. The molecule has 1 atom stereocenters. The van der Waals surface area contributed by atoms with Crippen LogP contribution in [-0.2, 0) is 13.1 Å². The van der Waals surface area contributed by atoms with Gasteiger partial charge in [0.05, 0.1) is 17.6 Å². The van der Waals surface area contributed by atoms with Crippen LogP contribution in [0, 0.1) is 13.8 Å². The van der Waals surface area contributed by atoms with Crippen LogP contribution in [0.2, 0.25) is 0 Å². The number of aromatic nitrogens is 5. The molecule has 1 aromatic carbocycles. The van der Waals surface area contributed by atoms with E-state index in [1.165, 1.54) is 29.7 Å². The number of rotatable bonds is 8. The van der Waals surface area contributed by atoms with Crippen LogP contribution in [0.25, 0.3) is 10.9 Å². The van der Waals surface area contributed by atoms with Crippen molar-refractivity contribution < 1.29 is 0 Å². The van der Waals surface area contributed by atoms with E-state index in [4.69, 9.17) is 0 Å². The number of hydrogen-bond donors (Lipinski definition) is 1. The summed E-state index contributed by atoms with van der Waals surface area (Å²) in [6.45, 7) is 7.60. The van der Waals surface area contributed by atoms with Gasteiger partial charge in [0.1, 0.15) is 0 Å². The summed E-state index contributed by atoms with van der Waals surface area (Å²) < 4.78 is 2.07. The number of H-pyrrole nitrogens is 1. The van der Waals surface area contributed by atoms with E-state index in [1.807, 2.05) is 0 Å². The van der Waals surface area contributed by atoms with E-state index in [9.17, 15) is 4.79 Å². The lowest BCUT2D eigenvalue weighted by molar-refractivity contribution is 0.157. The van der Waals surface area contributed by atoms with Crippen LogP contribution in [0.1, 0.15) is 84.9 Å². The maximum atomic E-state index is 13.2. The topological polar surface area (TPSA) is 79.7 Å². The maximum Gasteiger partial charge on any atom is 0.252 e. The highest BCUT2D eigenvalue weighted by Gasteiger charge is 2.29. The number of aryl methyl sites for hydroxylation is 2. The first-order valence-electron chi connectivity index (χ1n) is 12.7. The molecule has 0 saturated heterocycles. The number of thiophene rings is 1. The molecule has 1 saturated carbocycles. The minimum absolute atomic E-state index is 0.0175. The fraction of sp³-hybridized carbons (Fsp3) is 0.481. The standard InChI is InChI=1S/C27H34N6OS/c1-4-24(26-29-30-31-33(26)22-9-6-5-7-10-22)32(17-23-11-8-14-35-23)16-21-15-20-13-12-18(2)19(3)25(20)28-27(21)34/h8,11-15,22,24H,4-7,9-10,16-17H2,1-3H3,(H,28,34)/t24-/m0/s1. The van der Waals surface area contributed by atoms with Crippen LogP contribution >= 0.6 is 11.3 Å². The van der Waals surface area contributed by atoms with Gasteiger partial charge in [0.2, 0.25) is 0 Å². The molecule has 0 radical (unpaired) electrons.